The molecule has 12 heteroatoms. The van der Waals surface area contributed by atoms with Crippen molar-refractivity contribution >= 4 is 35.0 Å². The van der Waals surface area contributed by atoms with Crippen LogP contribution in [-0.2, 0) is 22.7 Å². The van der Waals surface area contributed by atoms with Crippen molar-refractivity contribution in [1.82, 2.24) is 29.6 Å². The Kier molecular flexibility index (Phi) is 8.93. The number of nitrogens with zero attached hydrogens (tertiary/aromatic N) is 6. The Hall–Kier alpha value is -4.22. The van der Waals surface area contributed by atoms with Crippen LogP contribution in [0.1, 0.15) is 37.8 Å². The van der Waals surface area contributed by atoms with E-state index in [-0.39, 0.29) is 22.9 Å². The number of methoxy groups -OCH3 is 2. The lowest BCUT2D eigenvalue weighted by molar-refractivity contribution is -0.165. The van der Waals surface area contributed by atoms with Crippen LogP contribution in [0.25, 0.3) is 33.6 Å². The standard InChI is InChI=1S/C40H42Cl2N6O4/c1-25(49)47-17-15-39(47)21-45(22-39)19-27-11-13-33(43-37(27)51-3)31-9-5-7-29(35(31)41)30-8-6-10-32(36(30)42)34-14-12-28(38(44-34)52-4)20-46-23-40(24-46)16-18-48(40)26(2)50/h5-14H,15-24H2,1-4H3. The summed E-state index contributed by atoms with van der Waals surface area (Å²) in [6.45, 7) is 9.82. The highest BCUT2D eigenvalue weighted by Crippen LogP contribution is 2.44. The number of carbonyl (C=O) groups excluding carboxylic acids is 2. The predicted molar refractivity (Wildman–Crippen MR) is 201 cm³/mol. The van der Waals surface area contributed by atoms with Crippen molar-refractivity contribution < 1.29 is 19.1 Å². The van der Waals surface area contributed by atoms with E-state index in [0.717, 1.165) is 85.5 Å². The van der Waals surface area contributed by atoms with E-state index in [2.05, 4.69) is 9.80 Å². The van der Waals surface area contributed by atoms with Crippen LogP contribution in [0.15, 0.2) is 60.7 Å². The Balaban J connectivity index is 1.00. The molecule has 6 heterocycles. The van der Waals surface area contributed by atoms with E-state index < -0.39 is 0 Å². The smallest absolute Gasteiger partial charge is 0.219 e. The van der Waals surface area contributed by atoms with Crippen LogP contribution in [0.5, 0.6) is 11.8 Å². The first kappa shape index (κ1) is 34.8. The van der Waals surface area contributed by atoms with E-state index in [1.807, 2.05) is 70.5 Å². The molecule has 52 heavy (non-hydrogen) atoms. The van der Waals surface area contributed by atoms with Crippen molar-refractivity contribution in [1.29, 1.82) is 0 Å². The second-order valence-electron chi connectivity index (χ2n) is 14.6. The van der Waals surface area contributed by atoms with Gasteiger partial charge in [-0.2, -0.15) is 0 Å². The van der Waals surface area contributed by atoms with Crippen molar-refractivity contribution in [3.63, 3.8) is 0 Å². The topological polar surface area (TPSA) is 91.3 Å². The predicted octanol–water partition coefficient (Wildman–Crippen LogP) is 6.41. The van der Waals surface area contributed by atoms with Crippen LogP contribution >= 0.6 is 23.2 Å². The fourth-order valence-corrected chi connectivity index (χ4v) is 9.36. The SMILES string of the molecule is COc1nc(-c2cccc(-c3cccc(-c4ccc(CN5CC6(CCN6C(C)=O)C5)c(OC)n4)c3Cl)c2Cl)ccc1CN1CC2(CCN2C(C)=O)C1. The Morgan fingerprint density at radius 2 is 1.02 bits per heavy atom. The molecule has 4 aliphatic heterocycles. The summed E-state index contributed by atoms with van der Waals surface area (Å²) in [6, 6.07) is 19.8. The fourth-order valence-electron chi connectivity index (χ4n) is 8.71. The largest absolute Gasteiger partial charge is 0.481 e. The molecular formula is C40H42Cl2N6O4. The first-order valence-electron chi connectivity index (χ1n) is 17.7. The number of hydrogen-bond acceptors (Lipinski definition) is 8. The molecule has 0 bridgehead atoms. The van der Waals surface area contributed by atoms with Gasteiger partial charge in [0.05, 0.1) is 46.7 Å². The summed E-state index contributed by atoms with van der Waals surface area (Å²) in [5.74, 6) is 1.40. The lowest BCUT2D eigenvalue weighted by Crippen LogP contribution is -2.77. The number of ether oxygens (including phenoxy) is 2. The average Bonchev–Trinajstić information content (AvgIpc) is 3.06. The molecule has 4 saturated heterocycles. The molecule has 2 spiro atoms. The summed E-state index contributed by atoms with van der Waals surface area (Å²) in [4.78, 5) is 42.4. The van der Waals surface area contributed by atoms with Gasteiger partial charge in [0.25, 0.3) is 0 Å². The first-order valence-corrected chi connectivity index (χ1v) is 18.5. The summed E-state index contributed by atoms with van der Waals surface area (Å²) in [7, 11) is 3.27. The average molecular weight is 742 g/mol. The number of aromatic nitrogens is 2. The van der Waals surface area contributed by atoms with E-state index >= 15 is 0 Å². The summed E-state index contributed by atoms with van der Waals surface area (Å²) < 4.78 is 11.5. The molecule has 0 unspecified atom stereocenters. The van der Waals surface area contributed by atoms with E-state index in [1.54, 1.807) is 28.1 Å². The van der Waals surface area contributed by atoms with Gasteiger partial charge in [-0.25, -0.2) is 9.97 Å². The summed E-state index contributed by atoms with van der Waals surface area (Å²) in [6.07, 6.45) is 2.11. The van der Waals surface area contributed by atoms with E-state index in [9.17, 15) is 9.59 Å². The zero-order valence-electron chi connectivity index (χ0n) is 29.9. The van der Waals surface area contributed by atoms with Crippen LogP contribution in [0.2, 0.25) is 10.0 Å². The van der Waals surface area contributed by atoms with Gasteiger partial charge in [-0.15, -0.1) is 0 Å². The molecule has 2 aromatic carbocycles. The third-order valence-corrected chi connectivity index (χ3v) is 12.3. The third-order valence-electron chi connectivity index (χ3n) is 11.5. The van der Waals surface area contributed by atoms with Crippen molar-refractivity contribution in [3.8, 4) is 45.4 Å². The van der Waals surface area contributed by atoms with E-state index in [1.165, 1.54) is 0 Å². The maximum Gasteiger partial charge on any atom is 0.219 e. The van der Waals surface area contributed by atoms with Gasteiger partial charge < -0.3 is 19.3 Å². The molecule has 4 aromatic rings. The van der Waals surface area contributed by atoms with Gasteiger partial charge in [-0.05, 0) is 25.0 Å². The number of rotatable bonds is 9. The molecule has 8 rings (SSSR count). The van der Waals surface area contributed by atoms with Gasteiger partial charge in [0.2, 0.25) is 23.6 Å². The van der Waals surface area contributed by atoms with Gasteiger partial charge in [0.1, 0.15) is 0 Å². The zero-order valence-corrected chi connectivity index (χ0v) is 31.4. The molecule has 0 atom stereocenters. The number of halogens is 2. The van der Waals surface area contributed by atoms with E-state index in [0.29, 0.717) is 46.3 Å². The Morgan fingerprint density at radius 3 is 1.35 bits per heavy atom. The highest BCUT2D eigenvalue weighted by molar-refractivity contribution is 6.39. The van der Waals surface area contributed by atoms with Gasteiger partial charge in [-0.3, -0.25) is 19.4 Å². The third kappa shape index (κ3) is 5.80. The molecule has 270 valence electrons. The Bertz CT molecular complexity index is 1930. The molecule has 0 aliphatic carbocycles. The molecule has 0 N–H and O–H groups in total. The maximum atomic E-state index is 12.0. The van der Waals surface area contributed by atoms with Crippen LogP contribution in [0.4, 0.5) is 0 Å². The van der Waals surface area contributed by atoms with Gasteiger partial charge in [0.15, 0.2) is 0 Å². The minimum atomic E-state index is -0.000622. The van der Waals surface area contributed by atoms with Crippen LogP contribution in [0, 0.1) is 0 Å². The number of hydrogen-bond donors (Lipinski definition) is 0. The lowest BCUT2D eigenvalue weighted by Gasteiger charge is -2.62. The van der Waals surface area contributed by atoms with Crippen LogP contribution in [0.3, 0.4) is 0 Å². The first-order chi connectivity index (χ1) is 25.0. The molecule has 0 saturated carbocycles. The Morgan fingerprint density at radius 1 is 0.635 bits per heavy atom. The lowest BCUT2D eigenvalue weighted by atomic mass is 9.77. The van der Waals surface area contributed by atoms with Crippen LogP contribution < -0.4 is 9.47 Å². The van der Waals surface area contributed by atoms with Crippen molar-refractivity contribution in [3.05, 3.63) is 81.8 Å². The van der Waals surface area contributed by atoms with E-state index in [4.69, 9.17) is 42.6 Å². The van der Waals surface area contributed by atoms with Crippen molar-refractivity contribution in [2.45, 2.75) is 50.9 Å². The number of likely N-dealkylation sites (tertiary alicyclic amines) is 4. The minimum absolute atomic E-state index is 0.000622. The molecule has 10 nitrogen and oxygen atoms in total. The molecule has 4 aliphatic rings. The van der Waals surface area contributed by atoms with Crippen LogP contribution in [-0.4, -0.2) is 106 Å². The quantitative estimate of drug-likeness (QED) is 0.195. The second-order valence-corrected chi connectivity index (χ2v) is 15.4. The minimum Gasteiger partial charge on any atom is -0.481 e. The normalized spacial score (nSPS) is 18.7. The molecule has 4 fully saturated rings. The number of pyridine rings is 2. The second kappa shape index (κ2) is 13.3. The monoisotopic (exact) mass is 740 g/mol. The number of carbonyl (C=O) groups is 2. The summed E-state index contributed by atoms with van der Waals surface area (Å²) in [5, 5.41) is 1.07. The number of benzene rings is 2. The van der Waals surface area contributed by atoms with Gasteiger partial charge in [-0.1, -0.05) is 71.7 Å². The summed E-state index contributed by atoms with van der Waals surface area (Å²) >= 11 is 14.3. The molecule has 2 amide bonds. The van der Waals surface area contributed by atoms with Crippen molar-refractivity contribution in [2.75, 3.05) is 53.5 Å². The Labute approximate surface area is 314 Å². The summed E-state index contributed by atoms with van der Waals surface area (Å²) in [5.41, 5.74) is 6.46. The molecule has 2 aromatic heterocycles. The molecular weight excluding hydrogens is 699 g/mol. The maximum absolute atomic E-state index is 12.0. The van der Waals surface area contributed by atoms with Gasteiger partial charge in [0, 0.05) is 99.6 Å². The zero-order chi connectivity index (χ0) is 36.4. The fraction of sp³-hybridized carbons (Fsp3) is 0.400. The van der Waals surface area contributed by atoms with Crippen molar-refractivity contribution in [2.24, 2.45) is 0 Å². The highest BCUT2D eigenvalue weighted by Gasteiger charge is 2.55. The number of amides is 2. The molecule has 0 radical (unpaired) electrons. The van der Waals surface area contributed by atoms with Gasteiger partial charge >= 0.3 is 0 Å². The highest BCUT2D eigenvalue weighted by atomic mass is 35.5.